The van der Waals surface area contributed by atoms with Crippen LogP contribution < -0.4 is 15.0 Å². The highest BCUT2D eigenvalue weighted by Crippen LogP contribution is 2.33. The van der Waals surface area contributed by atoms with E-state index in [2.05, 4.69) is 25.5 Å². The Kier molecular flexibility index (Phi) is 5.77. The van der Waals surface area contributed by atoms with Gasteiger partial charge in [-0.25, -0.2) is 9.37 Å². The van der Waals surface area contributed by atoms with Crippen LogP contribution in [-0.2, 0) is 4.74 Å². The minimum absolute atomic E-state index is 0.0636. The molecule has 0 radical (unpaired) electrons. The van der Waals surface area contributed by atoms with E-state index in [9.17, 15) is 9.50 Å². The highest BCUT2D eigenvalue weighted by atomic mass is 19.1. The van der Waals surface area contributed by atoms with Crippen LogP contribution in [0.1, 0.15) is 6.42 Å². The molecule has 10 heteroatoms. The van der Waals surface area contributed by atoms with Gasteiger partial charge in [0.1, 0.15) is 17.7 Å². The molecule has 2 aromatic heterocycles. The van der Waals surface area contributed by atoms with Crippen molar-refractivity contribution in [1.29, 1.82) is 0 Å². The lowest BCUT2D eigenvalue weighted by Crippen LogP contribution is -2.65. The van der Waals surface area contributed by atoms with Gasteiger partial charge in [0.15, 0.2) is 0 Å². The molecule has 2 aliphatic rings. The maximum Gasteiger partial charge on any atom is 0.233 e. The van der Waals surface area contributed by atoms with Gasteiger partial charge in [-0.3, -0.25) is 4.98 Å². The predicted molar refractivity (Wildman–Crippen MR) is 120 cm³/mol. The first-order valence-electron chi connectivity index (χ1n) is 10.8. The Morgan fingerprint density at radius 1 is 1.15 bits per heavy atom. The van der Waals surface area contributed by atoms with E-state index >= 15 is 0 Å². The minimum Gasteiger partial charge on any atom is -0.507 e. The fourth-order valence-corrected chi connectivity index (χ4v) is 4.46. The molecule has 0 saturated carbocycles. The monoisotopic (exact) mass is 452 g/mol. The Bertz CT molecular complexity index is 1130. The quantitative estimate of drug-likeness (QED) is 0.603. The van der Waals surface area contributed by atoms with E-state index in [1.807, 2.05) is 18.0 Å². The summed E-state index contributed by atoms with van der Waals surface area (Å²) in [5.41, 5.74) is 2.60. The van der Waals surface area contributed by atoms with Gasteiger partial charge in [0, 0.05) is 30.3 Å². The fraction of sp³-hybridized carbons (Fsp3) is 0.391. The molecule has 0 aliphatic carbocycles. The first kappa shape index (κ1) is 21.5. The third kappa shape index (κ3) is 4.19. The maximum atomic E-state index is 15.0. The second-order valence-electron chi connectivity index (χ2n) is 8.34. The SMILES string of the molecule is COc1cc(-c2ccc(-c3cnc(N(C)[C@@H]4C[C@H]5COC[C@H](N5)[C@@H]4F)cn3)c(O)c2)cnn1. The zero-order valence-corrected chi connectivity index (χ0v) is 18.3. The van der Waals surface area contributed by atoms with Crippen LogP contribution in [0.4, 0.5) is 10.2 Å². The Labute approximate surface area is 190 Å². The number of alkyl halides is 1. The lowest BCUT2D eigenvalue weighted by Gasteiger charge is -2.45. The molecule has 2 aliphatic heterocycles. The predicted octanol–water partition coefficient (Wildman–Crippen LogP) is 2.22. The normalized spacial score (nSPS) is 24.3. The summed E-state index contributed by atoms with van der Waals surface area (Å²) in [6.07, 6.45) is 4.37. The fourth-order valence-electron chi connectivity index (χ4n) is 4.46. The van der Waals surface area contributed by atoms with E-state index in [-0.39, 0.29) is 23.9 Å². The second-order valence-corrected chi connectivity index (χ2v) is 8.34. The Morgan fingerprint density at radius 3 is 2.79 bits per heavy atom. The lowest BCUT2D eigenvalue weighted by atomic mass is 9.90. The van der Waals surface area contributed by atoms with Gasteiger partial charge in [0.25, 0.3) is 0 Å². The number of benzene rings is 1. The second kappa shape index (κ2) is 8.87. The van der Waals surface area contributed by atoms with Gasteiger partial charge in [0.2, 0.25) is 5.88 Å². The first-order valence-corrected chi connectivity index (χ1v) is 10.8. The van der Waals surface area contributed by atoms with Gasteiger partial charge in [-0.15, -0.1) is 5.10 Å². The van der Waals surface area contributed by atoms with Crippen LogP contribution in [0.3, 0.4) is 0 Å². The number of nitrogens with one attached hydrogen (secondary N) is 1. The third-order valence-electron chi connectivity index (χ3n) is 6.29. The van der Waals surface area contributed by atoms with Gasteiger partial charge in [-0.2, -0.15) is 5.10 Å². The molecule has 2 saturated heterocycles. The molecule has 9 nitrogen and oxygen atoms in total. The van der Waals surface area contributed by atoms with E-state index < -0.39 is 6.17 Å². The summed E-state index contributed by atoms with van der Waals surface area (Å²) < 4.78 is 25.6. The van der Waals surface area contributed by atoms with Crippen LogP contribution >= 0.6 is 0 Å². The van der Waals surface area contributed by atoms with Crippen molar-refractivity contribution in [2.45, 2.75) is 30.7 Å². The smallest absolute Gasteiger partial charge is 0.233 e. The van der Waals surface area contributed by atoms with Crippen LogP contribution in [-0.4, -0.2) is 76.9 Å². The number of hydrogen-bond acceptors (Lipinski definition) is 9. The van der Waals surface area contributed by atoms with Crippen molar-refractivity contribution < 1.29 is 19.0 Å². The van der Waals surface area contributed by atoms with Crippen molar-refractivity contribution >= 4 is 5.82 Å². The van der Waals surface area contributed by atoms with Crippen LogP contribution in [0.5, 0.6) is 11.6 Å². The van der Waals surface area contributed by atoms with Crippen molar-refractivity contribution in [3.05, 3.63) is 42.9 Å². The zero-order chi connectivity index (χ0) is 22.9. The van der Waals surface area contributed by atoms with E-state index in [1.54, 1.807) is 36.8 Å². The first-order chi connectivity index (χ1) is 16.0. The van der Waals surface area contributed by atoms with Gasteiger partial charge < -0.3 is 24.8 Å². The zero-order valence-electron chi connectivity index (χ0n) is 18.3. The standard InChI is InChI=1S/C23H25FN6O3/c1-30(19-7-15-11-33-12-18(28-15)23(19)24)21-10-25-17(9-26-21)16-4-3-13(5-20(16)31)14-6-22(32-2)29-27-8-14/h3-6,8-10,15,18-19,23,28,31H,7,11-12H2,1-2H3/t15-,18-,19+,23-/m0/s1. The lowest BCUT2D eigenvalue weighted by molar-refractivity contribution is -0.0175. The van der Waals surface area contributed by atoms with E-state index in [1.165, 1.54) is 7.11 Å². The van der Waals surface area contributed by atoms with E-state index in [0.29, 0.717) is 42.6 Å². The number of ether oxygens (including phenoxy) is 2. The van der Waals surface area contributed by atoms with Crippen molar-refractivity contribution in [2.75, 3.05) is 32.3 Å². The molecule has 172 valence electrons. The molecule has 33 heavy (non-hydrogen) atoms. The molecule has 3 aromatic rings. The summed E-state index contributed by atoms with van der Waals surface area (Å²) >= 11 is 0. The molecule has 0 amide bonds. The third-order valence-corrected chi connectivity index (χ3v) is 6.29. The summed E-state index contributed by atoms with van der Waals surface area (Å²) in [6, 6.07) is 6.55. The number of rotatable bonds is 5. The van der Waals surface area contributed by atoms with Crippen molar-refractivity contribution in [2.24, 2.45) is 0 Å². The highest BCUT2D eigenvalue weighted by Gasteiger charge is 2.42. The molecule has 2 N–H and O–H groups in total. The Morgan fingerprint density at radius 2 is 2.03 bits per heavy atom. The maximum absolute atomic E-state index is 15.0. The summed E-state index contributed by atoms with van der Waals surface area (Å²) in [7, 11) is 3.36. The average Bonchev–Trinajstić information content (AvgIpc) is 2.86. The summed E-state index contributed by atoms with van der Waals surface area (Å²) in [4.78, 5) is 10.8. The highest BCUT2D eigenvalue weighted by molar-refractivity contribution is 5.74. The molecule has 4 heterocycles. The van der Waals surface area contributed by atoms with Crippen molar-refractivity contribution in [3.8, 4) is 34.0 Å². The molecule has 0 spiro atoms. The number of halogens is 1. The number of methoxy groups -OCH3 is 1. The summed E-state index contributed by atoms with van der Waals surface area (Å²) in [5, 5.41) is 21.7. The summed E-state index contributed by atoms with van der Waals surface area (Å²) in [5.74, 6) is 1.04. The minimum atomic E-state index is -1.06. The van der Waals surface area contributed by atoms with Gasteiger partial charge in [-0.1, -0.05) is 6.07 Å². The van der Waals surface area contributed by atoms with Crippen LogP contribution in [0, 0.1) is 0 Å². The van der Waals surface area contributed by atoms with Crippen LogP contribution in [0.25, 0.3) is 22.4 Å². The number of piperidine rings is 1. The number of phenols is 1. The van der Waals surface area contributed by atoms with Gasteiger partial charge >= 0.3 is 0 Å². The number of hydrogen-bond donors (Lipinski definition) is 2. The molecule has 4 atom stereocenters. The molecule has 0 unspecified atom stereocenters. The molecule has 1 aromatic carbocycles. The number of aromatic nitrogens is 4. The number of nitrogens with zero attached hydrogens (tertiary/aromatic N) is 5. The van der Waals surface area contributed by atoms with Gasteiger partial charge in [-0.05, 0) is 24.1 Å². The molecular weight excluding hydrogens is 427 g/mol. The number of phenolic OH excluding ortho intramolecular Hbond substituents is 1. The van der Waals surface area contributed by atoms with E-state index in [0.717, 1.165) is 11.1 Å². The Hall–Kier alpha value is -3.37. The molecular formula is C23H25FN6O3. The average molecular weight is 452 g/mol. The molecule has 5 rings (SSSR count). The number of fused-ring (bicyclic) bond motifs is 2. The molecule has 2 fully saturated rings. The van der Waals surface area contributed by atoms with Gasteiger partial charge in [0.05, 0.1) is 56.7 Å². The topological polar surface area (TPSA) is 106 Å². The number of anilines is 1. The number of morpholine rings is 1. The van der Waals surface area contributed by atoms with Crippen LogP contribution in [0.15, 0.2) is 42.9 Å². The summed E-state index contributed by atoms with van der Waals surface area (Å²) in [6.45, 7) is 0.972. The van der Waals surface area contributed by atoms with E-state index in [4.69, 9.17) is 9.47 Å². The number of aromatic hydroxyl groups is 1. The van der Waals surface area contributed by atoms with Crippen molar-refractivity contribution in [1.82, 2.24) is 25.5 Å². The Balaban J connectivity index is 1.35. The van der Waals surface area contributed by atoms with Crippen LogP contribution in [0.2, 0.25) is 0 Å². The molecule has 2 bridgehead atoms. The largest absolute Gasteiger partial charge is 0.507 e. The van der Waals surface area contributed by atoms with Crippen molar-refractivity contribution in [3.63, 3.8) is 0 Å².